The first kappa shape index (κ1) is 49.5. The second-order valence-electron chi connectivity index (χ2n) is 22.5. The summed E-state index contributed by atoms with van der Waals surface area (Å²) in [5.41, 5.74) is 8.75. The van der Waals surface area contributed by atoms with E-state index >= 15 is 0 Å². The summed E-state index contributed by atoms with van der Waals surface area (Å²) in [7, 11) is 4.27. The van der Waals surface area contributed by atoms with Crippen molar-refractivity contribution in [2.24, 2.45) is 0 Å². The van der Waals surface area contributed by atoms with Crippen LogP contribution in [-0.4, -0.2) is 109 Å². The minimum Gasteiger partial charge on any atom is -0.507 e. The second kappa shape index (κ2) is 18.8. The lowest BCUT2D eigenvalue weighted by atomic mass is 9.62. The third-order valence-corrected chi connectivity index (χ3v) is 15.5. The standard InChI is InChI=1S/C58H70N4O7/c1-55(2)19-21-57(5,6)51-43(55)33-39(35-45(51)61-27-23-59(9)24-28-61)47(63)17-13-37-11-15-41(49(65)31-37)54(68)69-50-32-38(12-16-42(50)53(66)67)14-18-48(64)40-34-44-52(58(7,8)22-20-56(44,3)4)46(36-40)62-29-25-60(10)26-30-62/h11-12,14-16,18,31-36,47,63,65H,19-30H2,1-10H3,(H,66,67). The lowest BCUT2D eigenvalue weighted by Gasteiger charge is -2.46. The van der Waals surface area contributed by atoms with E-state index in [2.05, 4.69) is 119 Å². The molecule has 11 heteroatoms. The fraction of sp³-hybridized carbons (Fsp3) is 0.466. The normalized spacial score (nSPS) is 20.0. The van der Waals surface area contributed by atoms with E-state index in [1.807, 2.05) is 6.07 Å². The number of anilines is 2. The van der Waals surface area contributed by atoms with Crippen LogP contribution < -0.4 is 14.5 Å². The van der Waals surface area contributed by atoms with E-state index in [1.165, 1.54) is 52.6 Å². The number of aliphatic hydroxyl groups is 1. The van der Waals surface area contributed by atoms with Crippen molar-refractivity contribution in [3.05, 3.63) is 122 Å². The van der Waals surface area contributed by atoms with Gasteiger partial charge in [-0.2, -0.15) is 0 Å². The number of nitrogens with zero attached hydrogens (tertiary/aromatic N) is 4. The molecule has 3 N–H and O–H groups in total. The van der Waals surface area contributed by atoms with Gasteiger partial charge in [-0.3, -0.25) is 4.79 Å². The van der Waals surface area contributed by atoms with Crippen LogP contribution in [0.25, 0.3) is 6.08 Å². The number of carbonyl (C=O) groups is 3. The predicted molar refractivity (Wildman–Crippen MR) is 275 cm³/mol. The number of benzene rings is 4. The van der Waals surface area contributed by atoms with E-state index in [0.717, 1.165) is 89.4 Å². The largest absolute Gasteiger partial charge is 0.507 e. The van der Waals surface area contributed by atoms with Crippen LogP contribution in [0.1, 0.15) is 157 Å². The Morgan fingerprint density at radius 3 is 1.72 bits per heavy atom. The fourth-order valence-corrected chi connectivity index (χ4v) is 10.8. The van der Waals surface area contributed by atoms with E-state index in [4.69, 9.17) is 4.74 Å². The third kappa shape index (κ3) is 10.2. The Morgan fingerprint density at radius 1 is 0.652 bits per heavy atom. The van der Waals surface area contributed by atoms with Crippen molar-refractivity contribution in [3.8, 4) is 23.3 Å². The fourth-order valence-electron chi connectivity index (χ4n) is 10.8. The van der Waals surface area contributed by atoms with Crippen molar-refractivity contribution < 1.29 is 34.4 Å². The highest BCUT2D eigenvalue weighted by Crippen LogP contribution is 2.52. The van der Waals surface area contributed by atoms with Crippen molar-refractivity contribution >= 4 is 35.2 Å². The number of aliphatic hydroxyl groups excluding tert-OH is 1. The van der Waals surface area contributed by atoms with Gasteiger partial charge in [-0.25, -0.2) is 9.59 Å². The number of phenols is 1. The lowest BCUT2D eigenvalue weighted by Crippen LogP contribution is -2.46. The number of esters is 1. The Labute approximate surface area is 408 Å². The molecule has 2 aliphatic heterocycles. The average Bonchev–Trinajstić information content (AvgIpc) is 3.30. The van der Waals surface area contributed by atoms with Crippen LogP contribution >= 0.6 is 0 Å². The number of aromatic hydroxyl groups is 1. The van der Waals surface area contributed by atoms with Gasteiger partial charge in [0.25, 0.3) is 0 Å². The highest BCUT2D eigenvalue weighted by atomic mass is 16.5. The van der Waals surface area contributed by atoms with Gasteiger partial charge in [-0.15, -0.1) is 0 Å². The van der Waals surface area contributed by atoms with Crippen molar-refractivity contribution in [2.45, 2.75) is 109 Å². The number of phenolic OH excluding ortho intramolecular Hbond substituents is 1. The SMILES string of the molecule is CN1CCN(c2cc(C(=O)C=Cc3ccc(C(=O)O)c(OC(=O)c4ccc(C#CC(O)c5cc(N6CCN(C)CC6)c6c(c5)C(C)(C)CCC6(C)C)cc4O)c3)cc3c2C(C)(C)CCC3(C)C)CC1. The Morgan fingerprint density at radius 2 is 1.17 bits per heavy atom. The second-order valence-corrected chi connectivity index (χ2v) is 22.5. The molecule has 1 unspecified atom stereocenters. The van der Waals surface area contributed by atoms with Crippen LogP contribution in [0, 0.1) is 11.8 Å². The molecular formula is C58H70N4O7. The molecule has 0 spiro atoms. The Bertz CT molecular complexity index is 2780. The monoisotopic (exact) mass is 935 g/mol. The number of allylic oxidation sites excluding steroid dienone is 1. The number of carboxylic acids is 1. The molecule has 0 aromatic heterocycles. The van der Waals surface area contributed by atoms with Crippen molar-refractivity contribution in [2.75, 3.05) is 76.3 Å². The summed E-state index contributed by atoms with van der Waals surface area (Å²) in [5, 5.41) is 32.7. The maximum Gasteiger partial charge on any atom is 0.347 e. The van der Waals surface area contributed by atoms with Crippen LogP contribution in [0.4, 0.5) is 11.4 Å². The number of aromatic carboxylic acids is 1. The van der Waals surface area contributed by atoms with Crippen molar-refractivity contribution in [3.63, 3.8) is 0 Å². The highest BCUT2D eigenvalue weighted by Gasteiger charge is 2.42. The van der Waals surface area contributed by atoms with E-state index < -0.39 is 23.8 Å². The minimum absolute atomic E-state index is 0.0251. The van der Waals surface area contributed by atoms with Gasteiger partial charge in [-0.1, -0.05) is 85.4 Å². The molecule has 2 aliphatic carbocycles. The molecular weight excluding hydrogens is 865 g/mol. The molecule has 8 rings (SSSR count). The predicted octanol–water partition coefficient (Wildman–Crippen LogP) is 9.49. The van der Waals surface area contributed by atoms with Crippen molar-refractivity contribution in [1.29, 1.82) is 0 Å². The molecule has 364 valence electrons. The molecule has 11 nitrogen and oxygen atoms in total. The molecule has 0 saturated carbocycles. The molecule has 0 radical (unpaired) electrons. The Balaban J connectivity index is 1.02. The number of carbonyl (C=O) groups excluding carboxylic acids is 2. The molecule has 4 aliphatic rings. The number of hydrogen-bond acceptors (Lipinski definition) is 10. The van der Waals surface area contributed by atoms with Gasteiger partial charge in [-0.05, 0) is 149 Å². The van der Waals surface area contributed by atoms with Gasteiger partial charge in [0.05, 0.1) is 0 Å². The van der Waals surface area contributed by atoms with Gasteiger partial charge in [0.15, 0.2) is 5.78 Å². The molecule has 2 saturated heterocycles. The quantitative estimate of drug-likeness (QED) is 0.0487. The number of rotatable bonds is 9. The first-order chi connectivity index (χ1) is 32.4. The molecule has 2 heterocycles. The van der Waals surface area contributed by atoms with Gasteiger partial charge in [0.1, 0.15) is 28.7 Å². The molecule has 69 heavy (non-hydrogen) atoms. The number of piperazine rings is 2. The minimum atomic E-state index is -1.31. The summed E-state index contributed by atoms with van der Waals surface area (Å²) in [5.74, 6) is 2.82. The van der Waals surface area contributed by atoms with Gasteiger partial charge in [0, 0.05) is 74.9 Å². The smallest absolute Gasteiger partial charge is 0.347 e. The van der Waals surface area contributed by atoms with Crippen LogP contribution in [0.5, 0.6) is 11.5 Å². The van der Waals surface area contributed by atoms with Crippen LogP contribution in [-0.2, 0) is 21.7 Å². The number of likely N-dealkylation sites (N-methyl/N-ethyl adjacent to an activating group) is 2. The van der Waals surface area contributed by atoms with Crippen molar-refractivity contribution in [1.82, 2.24) is 9.80 Å². The van der Waals surface area contributed by atoms with Crippen LogP contribution in [0.3, 0.4) is 0 Å². The number of hydrogen-bond donors (Lipinski definition) is 3. The van der Waals surface area contributed by atoms with E-state index in [0.29, 0.717) is 22.3 Å². The number of ether oxygens (including phenoxy) is 1. The number of ketones is 1. The Hall–Kier alpha value is -5.93. The summed E-state index contributed by atoms with van der Waals surface area (Å²) in [6.45, 7) is 25.6. The molecule has 4 aromatic rings. The Kier molecular flexibility index (Phi) is 13.5. The van der Waals surface area contributed by atoms with E-state index in [-0.39, 0.29) is 44.3 Å². The van der Waals surface area contributed by atoms with Gasteiger partial charge < -0.3 is 39.7 Å². The molecule has 4 aromatic carbocycles. The molecule has 1 atom stereocenters. The lowest BCUT2D eigenvalue weighted by molar-refractivity contribution is 0.0680. The first-order valence-corrected chi connectivity index (χ1v) is 24.5. The van der Waals surface area contributed by atoms with Crippen LogP contribution in [0.15, 0.2) is 66.7 Å². The van der Waals surface area contributed by atoms with E-state index in [1.54, 1.807) is 18.2 Å². The number of fused-ring (bicyclic) bond motifs is 2. The maximum absolute atomic E-state index is 14.0. The van der Waals surface area contributed by atoms with E-state index in [9.17, 15) is 29.7 Å². The topological polar surface area (TPSA) is 134 Å². The molecule has 2 fully saturated rings. The van der Waals surface area contributed by atoms with Gasteiger partial charge in [0.2, 0.25) is 0 Å². The summed E-state index contributed by atoms with van der Waals surface area (Å²) >= 11 is 0. The third-order valence-electron chi connectivity index (χ3n) is 15.5. The summed E-state index contributed by atoms with van der Waals surface area (Å²) in [6, 6.07) is 16.8. The maximum atomic E-state index is 14.0. The highest BCUT2D eigenvalue weighted by molar-refractivity contribution is 6.08. The van der Waals surface area contributed by atoms with Crippen LogP contribution in [0.2, 0.25) is 0 Å². The first-order valence-electron chi connectivity index (χ1n) is 24.5. The zero-order valence-electron chi connectivity index (χ0n) is 42.3. The summed E-state index contributed by atoms with van der Waals surface area (Å²) in [6.07, 6.45) is 6.11. The average molecular weight is 935 g/mol. The number of carboxylic acid groups (broad SMARTS) is 1. The zero-order valence-corrected chi connectivity index (χ0v) is 42.3. The summed E-state index contributed by atoms with van der Waals surface area (Å²) in [4.78, 5) is 49.5. The molecule has 0 amide bonds. The van der Waals surface area contributed by atoms with Gasteiger partial charge >= 0.3 is 11.9 Å². The molecule has 0 bridgehead atoms. The zero-order chi connectivity index (χ0) is 49.8. The summed E-state index contributed by atoms with van der Waals surface area (Å²) < 4.78 is 5.65.